The number of quaternary nitrogens is 1. The minimum absolute atomic E-state index is 0.299. The maximum atomic E-state index is 3.57. The Hall–Kier alpha value is 1.62. The molecule has 0 radical (unpaired) electrons. The summed E-state index contributed by atoms with van der Waals surface area (Å²) in [5.74, 6) is 0. The molecule has 0 aromatic heterocycles. The largest absolute Gasteiger partial charge is 0.321 e. The maximum Gasteiger partial charge on any atom is 0.103 e. The molecule has 0 atom stereocenters. The van der Waals surface area contributed by atoms with Crippen molar-refractivity contribution < 1.29 is 4.48 Å². The molecule has 13 heavy (non-hydrogen) atoms. The van der Waals surface area contributed by atoms with Crippen LogP contribution < -0.4 is 0 Å². The Labute approximate surface area is 113 Å². The standard InChI is InChI=1S/C8H12Br4N/c1-13(2)3-5(7(9)10)6(4-13)8(11)12/h7-8H,3-4H2,1-2H3/q+1. The van der Waals surface area contributed by atoms with E-state index in [-0.39, 0.29) is 0 Å². The number of hydrogen-bond acceptors (Lipinski definition) is 0. The summed E-state index contributed by atoms with van der Waals surface area (Å²) in [5, 5.41) is 0. The first-order chi connectivity index (χ1) is 5.83. The Kier molecular flexibility index (Phi) is 4.53. The zero-order valence-electron chi connectivity index (χ0n) is 7.53. The first-order valence-corrected chi connectivity index (χ1v) is 7.60. The van der Waals surface area contributed by atoms with E-state index in [4.69, 9.17) is 0 Å². The van der Waals surface area contributed by atoms with Gasteiger partial charge in [-0.25, -0.2) is 0 Å². The lowest BCUT2D eigenvalue weighted by atomic mass is 10.2. The van der Waals surface area contributed by atoms with Crippen LogP contribution in [-0.2, 0) is 0 Å². The van der Waals surface area contributed by atoms with E-state index in [1.54, 1.807) is 0 Å². The fourth-order valence-electron chi connectivity index (χ4n) is 1.60. The number of alkyl halides is 4. The summed E-state index contributed by atoms with van der Waals surface area (Å²) in [6, 6.07) is 0. The third-order valence-electron chi connectivity index (χ3n) is 2.14. The molecular weight excluding hydrogens is 430 g/mol. The first-order valence-electron chi connectivity index (χ1n) is 3.93. The monoisotopic (exact) mass is 438 g/mol. The topological polar surface area (TPSA) is 0 Å². The van der Waals surface area contributed by atoms with Gasteiger partial charge in [0.15, 0.2) is 0 Å². The van der Waals surface area contributed by atoms with Crippen molar-refractivity contribution in [1.82, 2.24) is 0 Å². The summed E-state index contributed by atoms with van der Waals surface area (Å²) in [5.41, 5.74) is 2.90. The van der Waals surface area contributed by atoms with Gasteiger partial charge in [-0.15, -0.1) is 0 Å². The number of nitrogens with zero attached hydrogens (tertiary/aromatic N) is 1. The summed E-state index contributed by atoms with van der Waals surface area (Å²) >= 11 is 14.3. The molecule has 0 aromatic rings. The predicted octanol–water partition coefficient (Wildman–Crippen LogP) is 3.60. The Morgan fingerprint density at radius 3 is 1.46 bits per heavy atom. The van der Waals surface area contributed by atoms with Crippen molar-refractivity contribution in [3.8, 4) is 0 Å². The molecule has 0 fully saturated rings. The number of hydrogen-bond donors (Lipinski definition) is 0. The first kappa shape index (κ1) is 12.7. The molecule has 0 saturated heterocycles. The molecule has 0 aromatic carbocycles. The van der Waals surface area contributed by atoms with Crippen molar-refractivity contribution in [3.05, 3.63) is 11.1 Å². The minimum atomic E-state index is 0.299. The van der Waals surface area contributed by atoms with Gasteiger partial charge in [-0.05, 0) is 0 Å². The highest BCUT2D eigenvalue weighted by Crippen LogP contribution is 2.36. The van der Waals surface area contributed by atoms with E-state index < -0.39 is 0 Å². The average molecular weight is 442 g/mol. The molecule has 0 bridgehead atoms. The SMILES string of the molecule is C[N+]1(C)CC(C(Br)Br)=C(C(Br)Br)C1. The molecule has 0 amide bonds. The van der Waals surface area contributed by atoms with Crippen molar-refractivity contribution in [2.24, 2.45) is 0 Å². The molecule has 0 N–H and O–H groups in total. The van der Waals surface area contributed by atoms with Crippen LogP contribution in [0.5, 0.6) is 0 Å². The molecule has 0 unspecified atom stereocenters. The fourth-order valence-corrected chi connectivity index (χ4v) is 3.35. The highest BCUT2D eigenvalue weighted by Gasteiger charge is 2.34. The molecule has 0 spiro atoms. The van der Waals surface area contributed by atoms with Gasteiger partial charge < -0.3 is 4.48 Å². The van der Waals surface area contributed by atoms with Gasteiger partial charge in [0.2, 0.25) is 0 Å². The summed E-state index contributed by atoms with van der Waals surface area (Å²) in [6.07, 6.45) is 0. The molecule has 1 heterocycles. The molecule has 5 heteroatoms. The van der Waals surface area contributed by atoms with Gasteiger partial charge in [0, 0.05) is 11.1 Å². The number of halogens is 4. The molecule has 1 rings (SSSR count). The second kappa shape index (κ2) is 4.64. The van der Waals surface area contributed by atoms with Crippen LogP contribution >= 0.6 is 63.7 Å². The van der Waals surface area contributed by atoms with Gasteiger partial charge in [-0.3, -0.25) is 0 Å². The van der Waals surface area contributed by atoms with E-state index in [0.717, 1.165) is 17.6 Å². The molecule has 0 aliphatic carbocycles. The third-order valence-corrected chi connectivity index (χ3v) is 4.35. The van der Waals surface area contributed by atoms with E-state index in [0.29, 0.717) is 7.47 Å². The summed E-state index contributed by atoms with van der Waals surface area (Å²) in [6.45, 7) is 2.20. The molecular formula is C8H12Br4N+. The molecule has 0 saturated carbocycles. The van der Waals surface area contributed by atoms with Crippen molar-refractivity contribution >= 4 is 63.7 Å². The summed E-state index contributed by atoms with van der Waals surface area (Å²) in [7, 11) is 4.50. The van der Waals surface area contributed by atoms with Crippen LogP contribution in [0.1, 0.15) is 0 Å². The maximum absolute atomic E-state index is 3.57. The zero-order valence-corrected chi connectivity index (χ0v) is 13.9. The van der Waals surface area contributed by atoms with Crippen LogP contribution in [0.4, 0.5) is 0 Å². The minimum Gasteiger partial charge on any atom is -0.321 e. The van der Waals surface area contributed by atoms with Gasteiger partial charge >= 0.3 is 0 Å². The van der Waals surface area contributed by atoms with Crippen LogP contribution in [0.2, 0.25) is 0 Å². The molecule has 76 valence electrons. The van der Waals surface area contributed by atoms with Crippen molar-refractivity contribution in [1.29, 1.82) is 0 Å². The van der Waals surface area contributed by atoms with E-state index >= 15 is 0 Å². The van der Waals surface area contributed by atoms with Gasteiger partial charge in [-0.2, -0.15) is 0 Å². The van der Waals surface area contributed by atoms with E-state index in [1.807, 2.05) is 0 Å². The molecule has 1 aliphatic rings. The second-order valence-electron chi connectivity index (χ2n) is 3.90. The Morgan fingerprint density at radius 1 is 0.923 bits per heavy atom. The van der Waals surface area contributed by atoms with Crippen molar-refractivity contribution in [2.45, 2.75) is 7.47 Å². The Morgan fingerprint density at radius 2 is 1.23 bits per heavy atom. The Bertz CT molecular complexity index is 210. The predicted molar refractivity (Wildman–Crippen MR) is 72.2 cm³/mol. The van der Waals surface area contributed by atoms with Crippen LogP contribution in [0.25, 0.3) is 0 Å². The summed E-state index contributed by atoms with van der Waals surface area (Å²) < 4.78 is 1.63. The lowest BCUT2D eigenvalue weighted by Gasteiger charge is -2.24. The number of rotatable bonds is 2. The third kappa shape index (κ3) is 3.30. The van der Waals surface area contributed by atoms with Gasteiger partial charge in [0.25, 0.3) is 0 Å². The van der Waals surface area contributed by atoms with Crippen molar-refractivity contribution in [2.75, 3.05) is 27.2 Å². The molecule has 1 nitrogen and oxygen atoms in total. The lowest BCUT2D eigenvalue weighted by Crippen LogP contribution is -2.38. The Balaban J connectivity index is 2.90. The highest BCUT2D eigenvalue weighted by molar-refractivity contribution is 9.25. The van der Waals surface area contributed by atoms with Crippen molar-refractivity contribution in [3.63, 3.8) is 0 Å². The number of likely N-dealkylation sites (N-methyl/N-ethyl adjacent to an activating group) is 1. The quantitative estimate of drug-likeness (QED) is 0.349. The van der Waals surface area contributed by atoms with Crippen LogP contribution in [0, 0.1) is 0 Å². The van der Waals surface area contributed by atoms with E-state index in [1.165, 1.54) is 11.1 Å². The normalized spacial score (nSPS) is 22.2. The zero-order chi connectivity index (χ0) is 10.2. The van der Waals surface area contributed by atoms with Crippen LogP contribution in [0.15, 0.2) is 11.1 Å². The van der Waals surface area contributed by atoms with E-state index in [2.05, 4.69) is 77.8 Å². The smallest absolute Gasteiger partial charge is 0.103 e. The van der Waals surface area contributed by atoms with Gasteiger partial charge in [0.1, 0.15) is 13.1 Å². The van der Waals surface area contributed by atoms with Gasteiger partial charge in [0.05, 0.1) is 21.6 Å². The highest BCUT2D eigenvalue weighted by atomic mass is 79.9. The van der Waals surface area contributed by atoms with Crippen LogP contribution in [-0.4, -0.2) is 39.1 Å². The van der Waals surface area contributed by atoms with Gasteiger partial charge in [-0.1, -0.05) is 63.7 Å². The summed E-state index contributed by atoms with van der Waals surface area (Å²) in [4.78, 5) is 0. The second-order valence-corrected chi connectivity index (χ2v) is 10.0. The molecule has 1 aliphatic heterocycles. The van der Waals surface area contributed by atoms with Crippen LogP contribution in [0.3, 0.4) is 0 Å². The average Bonchev–Trinajstić information content (AvgIpc) is 2.26. The fraction of sp³-hybridized carbons (Fsp3) is 0.750. The van der Waals surface area contributed by atoms with E-state index in [9.17, 15) is 0 Å². The lowest BCUT2D eigenvalue weighted by molar-refractivity contribution is -0.875.